The van der Waals surface area contributed by atoms with Crippen LogP contribution in [0.25, 0.3) is 0 Å². The third-order valence-electron chi connectivity index (χ3n) is 2.63. The van der Waals surface area contributed by atoms with Crippen molar-refractivity contribution in [2.45, 2.75) is 19.9 Å². The molecule has 1 rings (SSSR count). The minimum atomic E-state index is -1.09. The van der Waals surface area contributed by atoms with Crippen molar-refractivity contribution in [3.05, 3.63) is 20.8 Å². The average molecular weight is 363 g/mol. The van der Waals surface area contributed by atoms with Gasteiger partial charge in [-0.3, -0.25) is 9.59 Å². The van der Waals surface area contributed by atoms with E-state index in [1.54, 1.807) is 11.4 Å². The van der Waals surface area contributed by atoms with Crippen molar-refractivity contribution in [1.82, 2.24) is 10.2 Å². The summed E-state index contributed by atoms with van der Waals surface area (Å²) < 4.78 is 0.797. The smallest absolute Gasteiger partial charge is 0.326 e. The first kappa shape index (κ1) is 16.6. The van der Waals surface area contributed by atoms with E-state index in [1.165, 1.54) is 30.1 Å². The number of rotatable bonds is 6. The van der Waals surface area contributed by atoms with E-state index in [4.69, 9.17) is 5.11 Å². The Bertz CT molecular complexity index is 517. The van der Waals surface area contributed by atoms with Crippen molar-refractivity contribution < 1.29 is 19.5 Å². The van der Waals surface area contributed by atoms with Crippen molar-refractivity contribution in [2.75, 3.05) is 13.1 Å². The zero-order valence-electron chi connectivity index (χ0n) is 11.1. The lowest BCUT2D eigenvalue weighted by atomic mass is 10.2. The molecule has 0 saturated carbocycles. The van der Waals surface area contributed by atoms with Gasteiger partial charge in [0.25, 0.3) is 5.91 Å². The fraction of sp³-hybridized carbons (Fsp3) is 0.417. The fourth-order valence-electron chi connectivity index (χ4n) is 1.54. The van der Waals surface area contributed by atoms with Crippen LogP contribution < -0.4 is 5.32 Å². The monoisotopic (exact) mass is 362 g/mol. The summed E-state index contributed by atoms with van der Waals surface area (Å²) in [5.74, 6) is -1.68. The highest BCUT2D eigenvalue weighted by Gasteiger charge is 2.26. The van der Waals surface area contributed by atoms with Gasteiger partial charge in [0, 0.05) is 25.4 Å². The van der Waals surface area contributed by atoms with Gasteiger partial charge in [0.2, 0.25) is 5.91 Å². The van der Waals surface area contributed by atoms with Crippen LogP contribution in [0, 0.1) is 0 Å². The Morgan fingerprint density at radius 3 is 2.60 bits per heavy atom. The van der Waals surface area contributed by atoms with Gasteiger partial charge in [0.05, 0.1) is 9.35 Å². The van der Waals surface area contributed by atoms with Crippen molar-refractivity contribution >= 4 is 45.1 Å². The number of nitrogens with one attached hydrogen (secondary N) is 1. The van der Waals surface area contributed by atoms with Crippen LogP contribution in [0.3, 0.4) is 0 Å². The molecule has 1 atom stereocenters. The predicted octanol–water partition coefficient (Wildman–Crippen LogP) is 1.56. The second-order valence-electron chi connectivity index (χ2n) is 4.14. The predicted molar refractivity (Wildman–Crippen MR) is 78.8 cm³/mol. The lowest BCUT2D eigenvalue weighted by Gasteiger charge is -2.26. The molecule has 0 aliphatic carbocycles. The van der Waals surface area contributed by atoms with Crippen molar-refractivity contribution in [3.63, 3.8) is 0 Å². The maximum absolute atomic E-state index is 12.3. The van der Waals surface area contributed by atoms with Gasteiger partial charge in [-0.15, -0.1) is 11.3 Å². The summed E-state index contributed by atoms with van der Waals surface area (Å²) in [5, 5.41) is 13.3. The van der Waals surface area contributed by atoms with Crippen LogP contribution in [0.15, 0.2) is 15.2 Å². The zero-order valence-corrected chi connectivity index (χ0v) is 13.5. The van der Waals surface area contributed by atoms with E-state index in [2.05, 4.69) is 21.2 Å². The summed E-state index contributed by atoms with van der Waals surface area (Å²) in [6.07, 6.45) is 0. The van der Waals surface area contributed by atoms with Crippen molar-refractivity contribution in [1.29, 1.82) is 0 Å². The highest BCUT2D eigenvalue weighted by molar-refractivity contribution is 9.11. The molecule has 1 aromatic heterocycles. The number of carboxylic acids is 1. The first-order valence-corrected chi connectivity index (χ1v) is 7.52. The molecule has 0 radical (unpaired) electrons. The number of nitrogens with zero attached hydrogens (tertiary/aromatic N) is 1. The number of aliphatic carboxylic acids is 1. The highest BCUT2D eigenvalue weighted by atomic mass is 79.9. The van der Waals surface area contributed by atoms with Crippen LogP contribution in [0.1, 0.15) is 24.2 Å². The second kappa shape index (κ2) is 7.39. The molecular weight excluding hydrogens is 348 g/mol. The largest absolute Gasteiger partial charge is 0.480 e. The molecule has 0 aromatic carbocycles. The van der Waals surface area contributed by atoms with Crippen LogP contribution in [0.2, 0.25) is 0 Å². The van der Waals surface area contributed by atoms with E-state index < -0.39 is 12.0 Å². The van der Waals surface area contributed by atoms with Gasteiger partial charge in [-0.05, 0) is 28.9 Å². The minimum absolute atomic E-state index is 0.138. The normalized spacial score (nSPS) is 11.8. The van der Waals surface area contributed by atoms with Gasteiger partial charge in [0.15, 0.2) is 0 Å². The number of thiophene rings is 1. The maximum atomic E-state index is 12.3. The molecule has 8 heteroatoms. The SMILES string of the molecule is CC(=O)NCCN(C(=O)c1csc(Br)c1)C(C)C(=O)O. The molecule has 1 heterocycles. The molecule has 0 bridgehead atoms. The number of halogens is 1. The Kier molecular flexibility index (Phi) is 6.15. The topological polar surface area (TPSA) is 86.7 Å². The number of carboxylic acid groups (broad SMARTS) is 1. The molecule has 0 fully saturated rings. The Morgan fingerprint density at radius 2 is 2.15 bits per heavy atom. The summed E-state index contributed by atoms with van der Waals surface area (Å²) in [4.78, 5) is 35.5. The molecule has 0 saturated heterocycles. The summed E-state index contributed by atoms with van der Waals surface area (Å²) in [6, 6.07) is 0.683. The van der Waals surface area contributed by atoms with E-state index in [0.29, 0.717) is 5.56 Å². The zero-order chi connectivity index (χ0) is 15.3. The molecule has 1 aromatic rings. The standard InChI is InChI=1S/C12H15BrN2O4S/c1-7(12(18)19)15(4-3-14-8(2)16)11(17)9-5-10(13)20-6-9/h5-7H,3-4H2,1-2H3,(H,14,16)(H,18,19). The van der Waals surface area contributed by atoms with Gasteiger partial charge in [-0.25, -0.2) is 4.79 Å². The van der Waals surface area contributed by atoms with Crippen LogP contribution in [-0.2, 0) is 9.59 Å². The Balaban J connectivity index is 2.83. The average Bonchev–Trinajstić information content (AvgIpc) is 2.79. The number of carbonyl (C=O) groups is 3. The molecule has 20 heavy (non-hydrogen) atoms. The van der Waals surface area contributed by atoms with Gasteiger partial charge in [0.1, 0.15) is 6.04 Å². The Hall–Kier alpha value is -1.41. The van der Waals surface area contributed by atoms with E-state index in [1.807, 2.05) is 0 Å². The van der Waals surface area contributed by atoms with E-state index in [9.17, 15) is 14.4 Å². The minimum Gasteiger partial charge on any atom is -0.480 e. The summed E-state index contributed by atoms with van der Waals surface area (Å²) >= 11 is 4.61. The second-order valence-corrected chi connectivity index (χ2v) is 6.43. The van der Waals surface area contributed by atoms with E-state index in [-0.39, 0.29) is 24.9 Å². The van der Waals surface area contributed by atoms with Crippen LogP contribution in [0.5, 0.6) is 0 Å². The van der Waals surface area contributed by atoms with Crippen molar-refractivity contribution in [3.8, 4) is 0 Å². The molecule has 0 aliphatic rings. The van der Waals surface area contributed by atoms with Crippen LogP contribution in [-0.4, -0.2) is 46.9 Å². The van der Waals surface area contributed by atoms with Crippen LogP contribution in [0.4, 0.5) is 0 Å². The lowest BCUT2D eigenvalue weighted by molar-refractivity contribution is -0.141. The Labute approximate surface area is 128 Å². The molecular formula is C12H15BrN2O4S. The summed E-state index contributed by atoms with van der Waals surface area (Å²) in [6.45, 7) is 3.15. The number of hydrogen-bond acceptors (Lipinski definition) is 4. The van der Waals surface area contributed by atoms with E-state index >= 15 is 0 Å². The molecule has 0 spiro atoms. The molecule has 0 aliphatic heterocycles. The number of amides is 2. The quantitative estimate of drug-likeness (QED) is 0.803. The molecule has 2 N–H and O–H groups in total. The van der Waals surface area contributed by atoms with Gasteiger partial charge >= 0.3 is 5.97 Å². The molecule has 6 nitrogen and oxygen atoms in total. The third kappa shape index (κ3) is 4.61. The Morgan fingerprint density at radius 1 is 1.50 bits per heavy atom. The van der Waals surface area contributed by atoms with Gasteiger partial charge in [-0.1, -0.05) is 0 Å². The van der Waals surface area contributed by atoms with Crippen LogP contribution >= 0.6 is 27.3 Å². The van der Waals surface area contributed by atoms with Crippen molar-refractivity contribution in [2.24, 2.45) is 0 Å². The third-order valence-corrected chi connectivity index (χ3v) is 4.13. The molecule has 2 amide bonds. The highest BCUT2D eigenvalue weighted by Crippen LogP contribution is 2.22. The number of carbonyl (C=O) groups excluding carboxylic acids is 2. The first-order chi connectivity index (χ1) is 9.32. The molecule has 1 unspecified atom stereocenters. The first-order valence-electron chi connectivity index (χ1n) is 5.85. The van der Waals surface area contributed by atoms with Gasteiger partial charge in [-0.2, -0.15) is 0 Å². The lowest BCUT2D eigenvalue weighted by Crippen LogP contribution is -2.46. The summed E-state index contributed by atoms with van der Waals surface area (Å²) in [5.41, 5.74) is 0.429. The maximum Gasteiger partial charge on any atom is 0.326 e. The van der Waals surface area contributed by atoms with Gasteiger partial charge < -0.3 is 15.3 Å². The fourth-order valence-corrected chi connectivity index (χ4v) is 2.68. The number of hydrogen-bond donors (Lipinski definition) is 2. The molecule has 110 valence electrons. The van der Waals surface area contributed by atoms with E-state index in [0.717, 1.165) is 3.79 Å². The summed E-state index contributed by atoms with van der Waals surface area (Å²) in [7, 11) is 0.